The molecule has 30 heavy (non-hydrogen) atoms. The number of carbonyl (C=O) groups is 3. The summed E-state index contributed by atoms with van der Waals surface area (Å²) in [5.41, 5.74) is 0.528. The predicted molar refractivity (Wildman–Crippen MR) is 117 cm³/mol. The SMILES string of the molecule is C=C(C)C(=O)O.C=C(C)C(=O)O.C=C(C)C(=O)O.C=CC.OCCCC(CO)CO. The van der Waals surface area contributed by atoms with Crippen LogP contribution in [-0.4, -0.2) is 68.4 Å². The van der Waals surface area contributed by atoms with E-state index in [9.17, 15) is 14.4 Å². The fourth-order valence-corrected chi connectivity index (χ4v) is 0.620. The van der Waals surface area contributed by atoms with Crippen LogP contribution in [0.5, 0.6) is 0 Å². The van der Waals surface area contributed by atoms with Gasteiger partial charge in [0.2, 0.25) is 0 Å². The maximum absolute atomic E-state index is 9.60. The second-order valence-electron chi connectivity index (χ2n) is 5.76. The second kappa shape index (κ2) is 28.5. The summed E-state index contributed by atoms with van der Waals surface area (Å²) in [5, 5.41) is 49.0. The topological polar surface area (TPSA) is 173 Å². The fraction of sp³-hybridized carbons (Fsp3) is 0.476. The van der Waals surface area contributed by atoms with E-state index in [1.807, 2.05) is 6.92 Å². The van der Waals surface area contributed by atoms with Crippen LogP contribution in [0, 0.1) is 5.92 Å². The minimum Gasteiger partial charge on any atom is -0.478 e. The molecular formula is C21H38O9. The molecule has 0 unspecified atom stereocenters. The van der Waals surface area contributed by atoms with Gasteiger partial charge >= 0.3 is 17.9 Å². The van der Waals surface area contributed by atoms with Crippen molar-refractivity contribution in [2.24, 2.45) is 5.92 Å². The van der Waals surface area contributed by atoms with Crippen molar-refractivity contribution in [2.75, 3.05) is 19.8 Å². The molecule has 0 fully saturated rings. The van der Waals surface area contributed by atoms with Gasteiger partial charge in [0.25, 0.3) is 0 Å². The van der Waals surface area contributed by atoms with E-state index >= 15 is 0 Å². The number of carboxylic acid groups (broad SMARTS) is 3. The second-order valence-corrected chi connectivity index (χ2v) is 5.76. The zero-order valence-electron chi connectivity index (χ0n) is 18.4. The van der Waals surface area contributed by atoms with E-state index in [1.54, 1.807) is 6.08 Å². The molecule has 0 heterocycles. The number of allylic oxidation sites excluding steroid dienone is 1. The average Bonchev–Trinajstić information content (AvgIpc) is 2.64. The Bertz CT molecular complexity index is 426. The van der Waals surface area contributed by atoms with Crippen molar-refractivity contribution in [3.63, 3.8) is 0 Å². The molecule has 0 rings (SSSR count). The molecule has 0 bridgehead atoms. The minimum absolute atomic E-state index is 0.0104. The molecule has 0 saturated carbocycles. The van der Waals surface area contributed by atoms with Crippen molar-refractivity contribution in [1.82, 2.24) is 0 Å². The quantitative estimate of drug-likeness (QED) is 0.248. The highest BCUT2D eigenvalue weighted by Gasteiger charge is 2.03. The molecule has 176 valence electrons. The first-order valence-corrected chi connectivity index (χ1v) is 8.75. The van der Waals surface area contributed by atoms with E-state index in [0.717, 1.165) is 0 Å². The van der Waals surface area contributed by atoms with Crippen molar-refractivity contribution in [1.29, 1.82) is 0 Å². The Morgan fingerprint density at radius 3 is 1.07 bits per heavy atom. The molecule has 9 heteroatoms. The van der Waals surface area contributed by atoms with Crippen molar-refractivity contribution >= 4 is 17.9 Å². The molecule has 0 aromatic heterocycles. The van der Waals surface area contributed by atoms with Crippen LogP contribution >= 0.6 is 0 Å². The predicted octanol–water partition coefficient (Wildman–Crippen LogP) is 2.49. The first kappa shape index (κ1) is 37.9. The third-order valence-electron chi connectivity index (χ3n) is 2.38. The van der Waals surface area contributed by atoms with Gasteiger partial charge in [0.1, 0.15) is 0 Å². The number of rotatable bonds is 8. The number of aliphatic hydroxyl groups is 3. The van der Waals surface area contributed by atoms with Crippen LogP contribution in [0.4, 0.5) is 0 Å². The molecule has 0 saturated heterocycles. The van der Waals surface area contributed by atoms with Crippen LogP contribution in [0.15, 0.2) is 49.1 Å². The lowest BCUT2D eigenvalue weighted by Crippen LogP contribution is -2.11. The molecule has 0 amide bonds. The maximum atomic E-state index is 9.60. The number of carboxylic acids is 3. The Balaban J connectivity index is -0.0000000900. The molecule has 0 atom stereocenters. The van der Waals surface area contributed by atoms with E-state index in [-0.39, 0.29) is 42.5 Å². The number of aliphatic hydroxyl groups excluding tert-OH is 3. The van der Waals surface area contributed by atoms with Crippen molar-refractivity contribution in [3.8, 4) is 0 Å². The zero-order valence-corrected chi connectivity index (χ0v) is 18.4. The normalized spacial score (nSPS) is 8.13. The number of aliphatic carboxylic acids is 3. The minimum atomic E-state index is -0.935. The standard InChI is InChI=1S/C6H14O3.3C4H6O2.C3H6/c7-3-1-2-6(4-8)5-9;3*1-3(2)4(5)6;1-3-2/h6-9H,1-5H2;3*1H2,2H3,(H,5,6);3H,1H2,2H3. The molecule has 6 N–H and O–H groups in total. The Morgan fingerprint density at radius 1 is 0.767 bits per heavy atom. The van der Waals surface area contributed by atoms with Gasteiger partial charge in [-0.05, 0) is 40.5 Å². The van der Waals surface area contributed by atoms with Crippen LogP contribution in [0.2, 0.25) is 0 Å². The van der Waals surface area contributed by atoms with E-state index in [2.05, 4.69) is 26.3 Å². The van der Waals surface area contributed by atoms with Crippen molar-refractivity contribution in [3.05, 3.63) is 49.1 Å². The Kier molecular flexibility index (Phi) is 36.0. The van der Waals surface area contributed by atoms with E-state index < -0.39 is 17.9 Å². The van der Waals surface area contributed by atoms with Crippen LogP contribution in [0.25, 0.3) is 0 Å². The third kappa shape index (κ3) is 49.9. The van der Waals surface area contributed by atoms with Gasteiger partial charge in [-0.3, -0.25) is 0 Å². The zero-order chi connectivity index (χ0) is 25.3. The molecule has 0 radical (unpaired) electrons. The molecule has 0 aliphatic rings. The van der Waals surface area contributed by atoms with Crippen LogP contribution < -0.4 is 0 Å². The number of hydrogen-bond acceptors (Lipinski definition) is 6. The highest BCUT2D eigenvalue weighted by molar-refractivity contribution is 5.85. The van der Waals surface area contributed by atoms with Crippen LogP contribution in [-0.2, 0) is 14.4 Å². The highest BCUT2D eigenvalue weighted by Crippen LogP contribution is 2.02. The van der Waals surface area contributed by atoms with Gasteiger partial charge in [0, 0.05) is 42.5 Å². The van der Waals surface area contributed by atoms with Crippen LogP contribution in [0.3, 0.4) is 0 Å². The monoisotopic (exact) mass is 434 g/mol. The van der Waals surface area contributed by atoms with Gasteiger partial charge in [-0.15, -0.1) is 6.58 Å². The van der Waals surface area contributed by atoms with E-state index in [1.165, 1.54) is 20.8 Å². The van der Waals surface area contributed by atoms with Gasteiger partial charge in [0.05, 0.1) is 0 Å². The van der Waals surface area contributed by atoms with Crippen molar-refractivity contribution in [2.45, 2.75) is 40.5 Å². The third-order valence-corrected chi connectivity index (χ3v) is 2.38. The van der Waals surface area contributed by atoms with Gasteiger partial charge < -0.3 is 30.6 Å². The number of hydrogen-bond donors (Lipinski definition) is 6. The lowest BCUT2D eigenvalue weighted by Gasteiger charge is -2.07. The molecule has 0 aromatic carbocycles. The smallest absolute Gasteiger partial charge is 0.330 e. The van der Waals surface area contributed by atoms with Gasteiger partial charge in [-0.2, -0.15) is 0 Å². The largest absolute Gasteiger partial charge is 0.478 e. The van der Waals surface area contributed by atoms with Crippen LogP contribution in [0.1, 0.15) is 40.5 Å². The maximum Gasteiger partial charge on any atom is 0.330 e. The summed E-state index contributed by atoms with van der Waals surface area (Å²) in [6.45, 7) is 19.2. The van der Waals surface area contributed by atoms with E-state index in [4.69, 9.17) is 30.6 Å². The molecule has 0 aliphatic heterocycles. The molecule has 0 aromatic rings. The van der Waals surface area contributed by atoms with Gasteiger partial charge in [0.15, 0.2) is 0 Å². The van der Waals surface area contributed by atoms with E-state index in [0.29, 0.717) is 12.8 Å². The van der Waals surface area contributed by atoms with Gasteiger partial charge in [-0.25, -0.2) is 14.4 Å². The summed E-state index contributed by atoms with van der Waals surface area (Å²) < 4.78 is 0. The Hall–Kier alpha value is -2.75. The summed E-state index contributed by atoms with van der Waals surface area (Å²) in [4.78, 5) is 28.8. The summed E-state index contributed by atoms with van der Waals surface area (Å²) in [6, 6.07) is 0. The molecule has 9 nitrogen and oxygen atoms in total. The average molecular weight is 435 g/mol. The Morgan fingerprint density at radius 2 is 0.967 bits per heavy atom. The first-order valence-electron chi connectivity index (χ1n) is 8.75. The highest BCUT2D eigenvalue weighted by atomic mass is 16.4. The molecular weight excluding hydrogens is 396 g/mol. The lowest BCUT2D eigenvalue weighted by molar-refractivity contribution is -0.133. The van der Waals surface area contributed by atoms with Gasteiger partial charge in [-0.1, -0.05) is 25.8 Å². The van der Waals surface area contributed by atoms with Crippen molar-refractivity contribution < 1.29 is 45.0 Å². The summed E-state index contributed by atoms with van der Waals surface area (Å²) in [7, 11) is 0. The lowest BCUT2D eigenvalue weighted by atomic mass is 10.1. The summed E-state index contributed by atoms with van der Waals surface area (Å²) >= 11 is 0. The first-order chi connectivity index (χ1) is 13.7. The fourth-order valence-electron chi connectivity index (χ4n) is 0.620. The summed E-state index contributed by atoms with van der Waals surface area (Å²) in [5.74, 6) is -2.85. The molecule has 0 spiro atoms. The Labute approximate surface area is 179 Å². The molecule has 0 aliphatic carbocycles. The summed E-state index contributed by atoms with van der Waals surface area (Å²) in [6.07, 6.45) is 3.11.